The highest BCUT2D eigenvalue weighted by atomic mass is 16.7. The van der Waals surface area contributed by atoms with Crippen LogP contribution in [0.1, 0.15) is 50.4 Å². The Balaban J connectivity index is 1.56. The molecule has 1 saturated carbocycles. The Bertz CT molecular complexity index is 659. The summed E-state index contributed by atoms with van der Waals surface area (Å²) < 4.78 is 15.8. The van der Waals surface area contributed by atoms with E-state index in [-0.39, 0.29) is 18.7 Å². The Kier molecular flexibility index (Phi) is 5.16. The van der Waals surface area contributed by atoms with E-state index in [1.165, 1.54) is 6.42 Å². The number of carbonyl (C=O) groups excluding carboxylic acids is 2. The van der Waals surface area contributed by atoms with E-state index < -0.39 is 12.1 Å². The smallest absolute Gasteiger partial charge is 0.339 e. The number of benzene rings is 1. The number of ether oxygens (including phenoxy) is 3. The molecule has 1 aromatic carbocycles. The van der Waals surface area contributed by atoms with Crippen molar-refractivity contribution >= 4 is 11.9 Å². The minimum atomic E-state index is -0.845. The fourth-order valence-corrected chi connectivity index (χ4v) is 3.39. The highest BCUT2D eigenvalue weighted by Crippen LogP contribution is 2.33. The number of hydrogen-bond acceptors (Lipinski definition) is 5. The van der Waals surface area contributed by atoms with Crippen LogP contribution < -0.4 is 14.8 Å². The zero-order valence-electron chi connectivity index (χ0n) is 14.9. The topological polar surface area (TPSA) is 73.9 Å². The van der Waals surface area contributed by atoms with E-state index in [9.17, 15) is 9.59 Å². The SMILES string of the molecule is C[C@H]1[C@@H](NC(=O)[C@@H](C)OC(=O)c2ccc3c(c2)OCO3)CCC[C@@H]1C. The van der Waals surface area contributed by atoms with Gasteiger partial charge in [-0.1, -0.05) is 26.7 Å². The van der Waals surface area contributed by atoms with Gasteiger partial charge in [0.2, 0.25) is 6.79 Å². The van der Waals surface area contributed by atoms with Crippen molar-refractivity contribution in [2.45, 2.75) is 52.2 Å². The molecule has 1 aliphatic heterocycles. The second kappa shape index (κ2) is 7.33. The first-order chi connectivity index (χ1) is 12.0. The molecule has 1 aromatic rings. The highest BCUT2D eigenvalue weighted by molar-refractivity contribution is 5.93. The highest BCUT2D eigenvalue weighted by Gasteiger charge is 2.30. The van der Waals surface area contributed by atoms with Gasteiger partial charge in [0.05, 0.1) is 5.56 Å². The van der Waals surface area contributed by atoms with Crippen LogP contribution in [0.3, 0.4) is 0 Å². The lowest BCUT2D eigenvalue weighted by molar-refractivity contribution is -0.130. The first kappa shape index (κ1) is 17.6. The van der Waals surface area contributed by atoms with Crippen LogP contribution in [-0.2, 0) is 9.53 Å². The molecule has 1 fully saturated rings. The summed E-state index contributed by atoms with van der Waals surface area (Å²) >= 11 is 0. The molecule has 1 heterocycles. The zero-order valence-corrected chi connectivity index (χ0v) is 14.9. The van der Waals surface area contributed by atoms with Crippen molar-refractivity contribution in [1.29, 1.82) is 0 Å². The summed E-state index contributed by atoms with van der Waals surface area (Å²) in [4.78, 5) is 24.7. The first-order valence-electron chi connectivity index (χ1n) is 8.86. The molecule has 1 aliphatic carbocycles. The van der Waals surface area contributed by atoms with Crippen LogP contribution in [0.25, 0.3) is 0 Å². The number of esters is 1. The molecule has 136 valence electrons. The van der Waals surface area contributed by atoms with Crippen LogP contribution in [0, 0.1) is 11.8 Å². The quantitative estimate of drug-likeness (QED) is 0.848. The molecule has 4 atom stereocenters. The predicted octanol–water partition coefficient (Wildman–Crippen LogP) is 2.90. The van der Waals surface area contributed by atoms with Gasteiger partial charge in [0, 0.05) is 6.04 Å². The van der Waals surface area contributed by atoms with Gasteiger partial charge in [-0.2, -0.15) is 0 Å². The molecule has 6 nitrogen and oxygen atoms in total. The average Bonchev–Trinajstić information content (AvgIpc) is 3.06. The van der Waals surface area contributed by atoms with Crippen molar-refractivity contribution in [3.8, 4) is 11.5 Å². The number of rotatable bonds is 4. The normalized spacial score (nSPS) is 26.0. The summed E-state index contributed by atoms with van der Waals surface area (Å²) in [5.41, 5.74) is 0.337. The molecule has 25 heavy (non-hydrogen) atoms. The molecule has 6 heteroatoms. The van der Waals surface area contributed by atoms with Crippen LogP contribution in [-0.4, -0.2) is 30.8 Å². The number of fused-ring (bicyclic) bond motifs is 1. The van der Waals surface area contributed by atoms with Gasteiger partial charge in [-0.05, 0) is 43.4 Å². The summed E-state index contributed by atoms with van der Waals surface area (Å²) in [5.74, 6) is 1.32. The molecule has 3 rings (SSSR count). The number of carbonyl (C=O) groups is 2. The van der Waals surface area contributed by atoms with Crippen molar-refractivity contribution in [3.63, 3.8) is 0 Å². The van der Waals surface area contributed by atoms with Gasteiger partial charge in [-0.3, -0.25) is 4.79 Å². The van der Waals surface area contributed by atoms with E-state index >= 15 is 0 Å². The number of nitrogens with one attached hydrogen (secondary N) is 1. The monoisotopic (exact) mass is 347 g/mol. The lowest BCUT2D eigenvalue weighted by Crippen LogP contribution is -2.47. The maximum absolute atomic E-state index is 12.4. The Morgan fingerprint density at radius 1 is 1.20 bits per heavy atom. The average molecular weight is 347 g/mol. The molecule has 0 radical (unpaired) electrons. The predicted molar refractivity (Wildman–Crippen MR) is 91.6 cm³/mol. The number of hydrogen-bond donors (Lipinski definition) is 1. The molecule has 1 amide bonds. The molecule has 0 aromatic heterocycles. The molecular formula is C19H25NO5. The van der Waals surface area contributed by atoms with E-state index in [4.69, 9.17) is 14.2 Å². The van der Waals surface area contributed by atoms with Gasteiger partial charge >= 0.3 is 5.97 Å². The second-order valence-corrected chi connectivity index (χ2v) is 7.00. The summed E-state index contributed by atoms with van der Waals surface area (Å²) in [6, 6.07) is 4.98. The van der Waals surface area contributed by atoms with Gasteiger partial charge in [-0.15, -0.1) is 0 Å². The Morgan fingerprint density at radius 2 is 1.96 bits per heavy atom. The van der Waals surface area contributed by atoms with E-state index in [0.29, 0.717) is 28.9 Å². The van der Waals surface area contributed by atoms with Crippen LogP contribution in [0.15, 0.2) is 18.2 Å². The van der Waals surface area contributed by atoms with Crippen molar-refractivity contribution in [3.05, 3.63) is 23.8 Å². The van der Waals surface area contributed by atoms with Crippen molar-refractivity contribution < 1.29 is 23.8 Å². The van der Waals surface area contributed by atoms with Crippen molar-refractivity contribution in [1.82, 2.24) is 5.32 Å². The largest absolute Gasteiger partial charge is 0.454 e. The van der Waals surface area contributed by atoms with E-state index in [0.717, 1.165) is 12.8 Å². The van der Waals surface area contributed by atoms with Crippen LogP contribution in [0.5, 0.6) is 11.5 Å². The van der Waals surface area contributed by atoms with Gasteiger partial charge in [0.1, 0.15) is 0 Å². The van der Waals surface area contributed by atoms with E-state index in [1.807, 2.05) is 0 Å². The fraction of sp³-hybridized carbons (Fsp3) is 0.579. The molecular weight excluding hydrogens is 322 g/mol. The van der Waals surface area contributed by atoms with Gasteiger partial charge in [0.25, 0.3) is 5.91 Å². The van der Waals surface area contributed by atoms with Crippen molar-refractivity contribution in [2.75, 3.05) is 6.79 Å². The molecule has 0 spiro atoms. The maximum atomic E-state index is 12.4. The third kappa shape index (κ3) is 3.89. The van der Waals surface area contributed by atoms with Gasteiger partial charge in [0.15, 0.2) is 17.6 Å². The molecule has 1 N–H and O–H groups in total. The lowest BCUT2D eigenvalue weighted by atomic mass is 9.78. The Hall–Kier alpha value is -2.24. The minimum Gasteiger partial charge on any atom is -0.454 e. The molecule has 0 bridgehead atoms. The summed E-state index contributed by atoms with van der Waals surface area (Å²) in [5, 5.41) is 3.04. The Labute approximate surface area is 147 Å². The first-order valence-corrected chi connectivity index (χ1v) is 8.86. The minimum absolute atomic E-state index is 0.142. The second-order valence-electron chi connectivity index (χ2n) is 7.00. The molecule has 0 unspecified atom stereocenters. The zero-order chi connectivity index (χ0) is 18.0. The standard InChI is InChI=1S/C19H25NO5/c1-11-5-4-6-15(12(11)2)20-18(21)13(3)25-19(22)14-7-8-16-17(9-14)24-10-23-16/h7-9,11-13,15H,4-6,10H2,1-3H3,(H,20,21)/t11-,12+,13+,15-/m0/s1. The van der Waals surface area contributed by atoms with E-state index in [1.54, 1.807) is 25.1 Å². The third-order valence-electron chi connectivity index (χ3n) is 5.30. The molecule has 0 saturated heterocycles. The molecule has 2 aliphatic rings. The maximum Gasteiger partial charge on any atom is 0.339 e. The van der Waals surface area contributed by atoms with Gasteiger partial charge in [-0.25, -0.2) is 4.79 Å². The van der Waals surface area contributed by atoms with Crippen LogP contribution >= 0.6 is 0 Å². The lowest BCUT2D eigenvalue weighted by Gasteiger charge is -2.35. The van der Waals surface area contributed by atoms with Crippen LogP contribution in [0.2, 0.25) is 0 Å². The third-order valence-corrected chi connectivity index (χ3v) is 5.30. The number of amides is 1. The van der Waals surface area contributed by atoms with Crippen molar-refractivity contribution in [2.24, 2.45) is 11.8 Å². The summed E-state index contributed by atoms with van der Waals surface area (Å²) in [6.07, 6.45) is 2.44. The fourth-order valence-electron chi connectivity index (χ4n) is 3.39. The summed E-state index contributed by atoms with van der Waals surface area (Å²) in [6.45, 7) is 6.12. The Morgan fingerprint density at radius 3 is 2.76 bits per heavy atom. The van der Waals surface area contributed by atoms with E-state index in [2.05, 4.69) is 19.2 Å². The summed E-state index contributed by atoms with van der Waals surface area (Å²) in [7, 11) is 0. The van der Waals surface area contributed by atoms with Gasteiger partial charge < -0.3 is 19.5 Å². The van der Waals surface area contributed by atoms with Crippen LogP contribution in [0.4, 0.5) is 0 Å².